The second kappa shape index (κ2) is 48.6. The molecular formula is C53H98O6. The molecule has 0 aliphatic rings. The van der Waals surface area contributed by atoms with E-state index in [2.05, 4.69) is 45.1 Å². The van der Waals surface area contributed by atoms with E-state index in [9.17, 15) is 14.4 Å². The van der Waals surface area contributed by atoms with Gasteiger partial charge in [0.2, 0.25) is 0 Å². The highest BCUT2D eigenvalue weighted by molar-refractivity contribution is 5.71. The summed E-state index contributed by atoms with van der Waals surface area (Å²) in [6, 6.07) is 0. The number of carbonyl (C=O) groups is 3. The first kappa shape index (κ1) is 56.9. The predicted octanol–water partition coefficient (Wildman–Crippen LogP) is 16.8. The lowest BCUT2D eigenvalue weighted by molar-refractivity contribution is -0.167. The summed E-state index contributed by atoms with van der Waals surface area (Å²) in [5, 5.41) is 0. The smallest absolute Gasteiger partial charge is 0.306 e. The van der Waals surface area contributed by atoms with Crippen LogP contribution in [0.25, 0.3) is 0 Å². The molecule has 59 heavy (non-hydrogen) atoms. The van der Waals surface area contributed by atoms with E-state index in [1.165, 1.54) is 173 Å². The Kier molecular flexibility index (Phi) is 46.8. The van der Waals surface area contributed by atoms with E-state index in [-0.39, 0.29) is 31.1 Å². The maximum absolute atomic E-state index is 12.7. The molecule has 6 nitrogen and oxygen atoms in total. The van der Waals surface area contributed by atoms with Crippen molar-refractivity contribution < 1.29 is 28.6 Å². The van der Waals surface area contributed by atoms with Crippen molar-refractivity contribution in [3.63, 3.8) is 0 Å². The van der Waals surface area contributed by atoms with Crippen LogP contribution >= 0.6 is 0 Å². The zero-order chi connectivity index (χ0) is 43.0. The predicted molar refractivity (Wildman–Crippen MR) is 252 cm³/mol. The Balaban J connectivity index is 4.27. The summed E-state index contributed by atoms with van der Waals surface area (Å²) in [7, 11) is 0. The minimum atomic E-state index is -0.771. The number of allylic oxidation sites excluding steroid dienone is 4. The standard InChI is InChI=1S/C53H98O6/c1-4-7-10-13-16-19-21-23-24-25-26-27-28-30-31-34-37-40-43-46-52(55)58-49-50(48-57-51(54)45-42-39-36-33-18-15-12-9-6-3)59-53(56)47-44-41-38-35-32-29-22-20-17-14-11-8-5-2/h20,22,25-26,50H,4-19,21,23-24,27-49H2,1-3H3/b22-20-,26-25-/t50-/m1/s1. The third-order valence-electron chi connectivity index (χ3n) is 11.4. The second-order valence-electron chi connectivity index (χ2n) is 17.4. The van der Waals surface area contributed by atoms with Crippen LogP contribution in [0.5, 0.6) is 0 Å². The van der Waals surface area contributed by atoms with Crippen LogP contribution in [-0.4, -0.2) is 37.2 Å². The molecule has 346 valence electrons. The quantitative estimate of drug-likeness (QED) is 0.0263. The van der Waals surface area contributed by atoms with Gasteiger partial charge in [-0.2, -0.15) is 0 Å². The van der Waals surface area contributed by atoms with Gasteiger partial charge in [0.15, 0.2) is 6.10 Å². The van der Waals surface area contributed by atoms with Gasteiger partial charge in [0.05, 0.1) is 0 Å². The third kappa shape index (κ3) is 46.8. The molecule has 0 spiro atoms. The van der Waals surface area contributed by atoms with Crippen LogP contribution in [0.15, 0.2) is 24.3 Å². The maximum atomic E-state index is 12.7. The molecule has 0 saturated carbocycles. The first-order valence-corrected chi connectivity index (χ1v) is 25.8. The van der Waals surface area contributed by atoms with E-state index < -0.39 is 6.10 Å². The van der Waals surface area contributed by atoms with Gasteiger partial charge in [0.25, 0.3) is 0 Å². The van der Waals surface area contributed by atoms with E-state index in [4.69, 9.17) is 14.2 Å². The fourth-order valence-corrected chi connectivity index (χ4v) is 7.49. The summed E-state index contributed by atoms with van der Waals surface area (Å²) < 4.78 is 16.7. The van der Waals surface area contributed by atoms with E-state index in [0.29, 0.717) is 19.3 Å². The summed E-state index contributed by atoms with van der Waals surface area (Å²) in [5.74, 6) is -0.878. The normalized spacial score (nSPS) is 12.1. The second-order valence-corrected chi connectivity index (χ2v) is 17.4. The minimum Gasteiger partial charge on any atom is -0.462 e. The largest absolute Gasteiger partial charge is 0.462 e. The van der Waals surface area contributed by atoms with Crippen LogP contribution in [0.4, 0.5) is 0 Å². The number of rotatable bonds is 47. The number of carbonyl (C=O) groups excluding carboxylic acids is 3. The highest BCUT2D eigenvalue weighted by atomic mass is 16.6. The van der Waals surface area contributed by atoms with E-state index in [0.717, 1.165) is 64.2 Å². The van der Waals surface area contributed by atoms with Crippen LogP contribution in [-0.2, 0) is 28.6 Å². The Morgan fingerprint density at radius 1 is 0.322 bits per heavy atom. The lowest BCUT2D eigenvalue weighted by Gasteiger charge is -2.18. The molecule has 1 atom stereocenters. The van der Waals surface area contributed by atoms with Gasteiger partial charge in [-0.3, -0.25) is 14.4 Å². The van der Waals surface area contributed by atoms with Crippen molar-refractivity contribution in [2.75, 3.05) is 13.2 Å². The van der Waals surface area contributed by atoms with Gasteiger partial charge in [0, 0.05) is 19.3 Å². The molecule has 0 aliphatic carbocycles. The molecule has 0 radical (unpaired) electrons. The summed E-state index contributed by atoms with van der Waals surface area (Å²) in [6.45, 7) is 6.61. The van der Waals surface area contributed by atoms with Crippen molar-refractivity contribution in [1.82, 2.24) is 0 Å². The summed E-state index contributed by atoms with van der Waals surface area (Å²) in [6.07, 6.45) is 54.5. The van der Waals surface area contributed by atoms with Crippen LogP contribution < -0.4 is 0 Å². The Labute approximate surface area is 366 Å². The van der Waals surface area contributed by atoms with Gasteiger partial charge >= 0.3 is 17.9 Å². The topological polar surface area (TPSA) is 78.9 Å². The van der Waals surface area contributed by atoms with Crippen molar-refractivity contribution >= 4 is 17.9 Å². The van der Waals surface area contributed by atoms with Crippen molar-refractivity contribution in [1.29, 1.82) is 0 Å². The highest BCUT2D eigenvalue weighted by Crippen LogP contribution is 2.15. The number of ether oxygens (including phenoxy) is 3. The number of unbranched alkanes of at least 4 members (excludes halogenated alkanes) is 32. The Bertz CT molecular complexity index is 958. The number of esters is 3. The molecule has 0 bridgehead atoms. The maximum Gasteiger partial charge on any atom is 0.306 e. The third-order valence-corrected chi connectivity index (χ3v) is 11.4. The van der Waals surface area contributed by atoms with Gasteiger partial charge in [0.1, 0.15) is 13.2 Å². The van der Waals surface area contributed by atoms with Crippen molar-refractivity contribution in [2.45, 2.75) is 284 Å². The van der Waals surface area contributed by atoms with Crippen molar-refractivity contribution in [3.05, 3.63) is 24.3 Å². The van der Waals surface area contributed by atoms with Crippen LogP contribution in [0.2, 0.25) is 0 Å². The Morgan fingerprint density at radius 2 is 0.559 bits per heavy atom. The Morgan fingerprint density at radius 3 is 0.864 bits per heavy atom. The molecule has 0 rings (SSSR count). The minimum absolute atomic E-state index is 0.0730. The first-order chi connectivity index (χ1) is 29.0. The van der Waals surface area contributed by atoms with Crippen LogP contribution in [0, 0.1) is 0 Å². The number of hydrogen-bond donors (Lipinski definition) is 0. The molecule has 0 fully saturated rings. The number of hydrogen-bond acceptors (Lipinski definition) is 6. The zero-order valence-corrected chi connectivity index (χ0v) is 39.5. The van der Waals surface area contributed by atoms with Gasteiger partial charge in [-0.25, -0.2) is 0 Å². The molecule has 0 aromatic rings. The monoisotopic (exact) mass is 831 g/mol. The molecular weight excluding hydrogens is 733 g/mol. The molecule has 0 amide bonds. The molecule has 0 heterocycles. The molecule has 0 aliphatic heterocycles. The average Bonchev–Trinajstić information content (AvgIpc) is 3.23. The van der Waals surface area contributed by atoms with Crippen LogP contribution in [0.3, 0.4) is 0 Å². The van der Waals surface area contributed by atoms with E-state index in [1.54, 1.807) is 0 Å². The van der Waals surface area contributed by atoms with Crippen LogP contribution in [0.1, 0.15) is 278 Å². The molecule has 0 aromatic heterocycles. The summed E-state index contributed by atoms with van der Waals surface area (Å²) >= 11 is 0. The SMILES string of the molecule is CCCCCC/C=C\CCCCCCCC(=O)O[C@@H](COC(=O)CCCCCCCCC/C=C\CCCCCCCCCC)COC(=O)CCCCCCCCCCC. The highest BCUT2D eigenvalue weighted by Gasteiger charge is 2.19. The van der Waals surface area contributed by atoms with E-state index in [1.807, 2.05) is 0 Å². The van der Waals surface area contributed by atoms with Gasteiger partial charge in [-0.05, 0) is 70.6 Å². The van der Waals surface area contributed by atoms with Gasteiger partial charge < -0.3 is 14.2 Å². The van der Waals surface area contributed by atoms with Gasteiger partial charge in [-0.1, -0.05) is 212 Å². The molecule has 6 heteroatoms. The fourth-order valence-electron chi connectivity index (χ4n) is 7.49. The molecule has 0 N–H and O–H groups in total. The first-order valence-electron chi connectivity index (χ1n) is 25.8. The zero-order valence-electron chi connectivity index (χ0n) is 39.5. The van der Waals surface area contributed by atoms with Crippen molar-refractivity contribution in [3.8, 4) is 0 Å². The summed E-state index contributed by atoms with van der Waals surface area (Å²) in [4.78, 5) is 37.8. The van der Waals surface area contributed by atoms with E-state index >= 15 is 0 Å². The lowest BCUT2D eigenvalue weighted by atomic mass is 10.1. The fraction of sp³-hybridized carbons (Fsp3) is 0.868. The van der Waals surface area contributed by atoms with Crippen molar-refractivity contribution in [2.24, 2.45) is 0 Å². The molecule has 0 unspecified atom stereocenters. The molecule has 0 saturated heterocycles. The van der Waals surface area contributed by atoms with Gasteiger partial charge in [-0.15, -0.1) is 0 Å². The Hall–Kier alpha value is -2.11. The molecule has 0 aromatic carbocycles. The summed E-state index contributed by atoms with van der Waals surface area (Å²) in [5.41, 5.74) is 0. The lowest BCUT2D eigenvalue weighted by Crippen LogP contribution is -2.30. The average molecular weight is 831 g/mol.